The van der Waals surface area contributed by atoms with E-state index >= 15 is 0 Å². The van der Waals surface area contributed by atoms with Gasteiger partial charge in [-0.25, -0.2) is 0 Å². The second-order valence-corrected chi connectivity index (χ2v) is 3.64. The fourth-order valence-corrected chi connectivity index (χ4v) is 1.96. The van der Waals surface area contributed by atoms with Crippen LogP contribution in [0.1, 0.15) is 25.1 Å². The topological polar surface area (TPSA) is 17.0 Å². The van der Waals surface area contributed by atoms with Crippen molar-refractivity contribution < 1.29 is 0 Å². The summed E-state index contributed by atoms with van der Waals surface area (Å²) in [6, 6.07) is 12.8. The summed E-state index contributed by atoms with van der Waals surface area (Å²) in [5.74, 6) is 0. The first kappa shape index (κ1) is 10.8. The van der Waals surface area contributed by atoms with Gasteiger partial charge in [0, 0.05) is 24.1 Å². The van der Waals surface area contributed by atoms with Crippen molar-refractivity contribution in [3.63, 3.8) is 0 Å². The zero-order valence-electron chi connectivity index (χ0n) is 9.90. The van der Waals surface area contributed by atoms with E-state index in [-0.39, 0.29) is 0 Å². The maximum atomic E-state index is 3.45. The highest BCUT2D eigenvalue weighted by molar-refractivity contribution is 5.52. The van der Waals surface area contributed by atoms with Gasteiger partial charge in [-0.15, -0.1) is 0 Å². The summed E-state index contributed by atoms with van der Waals surface area (Å²) in [4.78, 5) is 0. The molecule has 0 amide bonds. The van der Waals surface area contributed by atoms with Gasteiger partial charge in [-0.1, -0.05) is 32.0 Å². The summed E-state index contributed by atoms with van der Waals surface area (Å²) >= 11 is 0. The fourth-order valence-electron chi connectivity index (χ4n) is 1.96. The van der Waals surface area contributed by atoms with Crippen molar-refractivity contribution in [2.45, 2.75) is 26.9 Å². The van der Waals surface area contributed by atoms with Crippen LogP contribution in [0.5, 0.6) is 0 Å². The minimum absolute atomic E-state index is 0.921. The van der Waals surface area contributed by atoms with Crippen LogP contribution in [-0.2, 0) is 13.1 Å². The minimum Gasteiger partial charge on any atom is -0.379 e. The van der Waals surface area contributed by atoms with E-state index in [0.29, 0.717) is 0 Å². The number of nitrogens with zero attached hydrogens (tertiary/aromatic N) is 1. The molecular weight excluding hydrogens is 196 g/mol. The molecule has 2 nitrogen and oxygen atoms in total. The number of aromatic nitrogens is 1. The molecule has 0 bridgehead atoms. The second kappa shape index (κ2) is 4.88. The van der Waals surface area contributed by atoms with Crippen LogP contribution >= 0.6 is 0 Å². The molecule has 2 heteroatoms. The summed E-state index contributed by atoms with van der Waals surface area (Å²) in [6.07, 6.45) is 2.14. The molecule has 0 spiro atoms. The number of fused-ring (bicyclic) bond motifs is 2. The molecule has 0 saturated carbocycles. The highest BCUT2D eigenvalue weighted by Crippen LogP contribution is 2.21. The summed E-state index contributed by atoms with van der Waals surface area (Å²) in [7, 11) is 0. The Balaban J connectivity index is 0.000000457. The standard InChI is InChI=1S/C12H12N2.C2H6/c1-2-6-12-10(4-1)9-14-7-3-5-11(14)8-13-12;1-2/h1-7,13H,8-9H2;1-2H3. The van der Waals surface area contributed by atoms with Crippen LogP contribution in [-0.4, -0.2) is 4.57 Å². The highest BCUT2D eigenvalue weighted by atomic mass is 15.0. The van der Waals surface area contributed by atoms with Crippen molar-refractivity contribution in [2.75, 3.05) is 5.32 Å². The Labute approximate surface area is 96.9 Å². The molecule has 16 heavy (non-hydrogen) atoms. The van der Waals surface area contributed by atoms with Gasteiger partial charge in [0.25, 0.3) is 0 Å². The molecule has 1 aromatic heterocycles. The van der Waals surface area contributed by atoms with Crippen molar-refractivity contribution in [3.05, 3.63) is 53.9 Å². The van der Waals surface area contributed by atoms with Gasteiger partial charge in [0.05, 0.1) is 6.54 Å². The molecule has 2 heterocycles. The molecule has 3 rings (SSSR count). The van der Waals surface area contributed by atoms with Gasteiger partial charge in [0.2, 0.25) is 0 Å². The lowest BCUT2D eigenvalue weighted by molar-refractivity contribution is 0.772. The summed E-state index contributed by atoms with van der Waals surface area (Å²) in [5, 5.41) is 3.45. The number of hydrogen-bond acceptors (Lipinski definition) is 1. The van der Waals surface area contributed by atoms with Crippen molar-refractivity contribution >= 4 is 5.69 Å². The Morgan fingerprint density at radius 3 is 2.75 bits per heavy atom. The molecule has 1 aromatic carbocycles. The van der Waals surface area contributed by atoms with E-state index in [9.17, 15) is 0 Å². The van der Waals surface area contributed by atoms with Gasteiger partial charge >= 0.3 is 0 Å². The summed E-state index contributed by atoms with van der Waals surface area (Å²) in [5.41, 5.74) is 3.97. The van der Waals surface area contributed by atoms with E-state index < -0.39 is 0 Å². The first-order valence-corrected chi connectivity index (χ1v) is 5.89. The molecule has 0 aliphatic carbocycles. The molecule has 0 radical (unpaired) electrons. The van der Waals surface area contributed by atoms with E-state index in [1.807, 2.05) is 13.8 Å². The Kier molecular flexibility index (Phi) is 3.30. The Morgan fingerprint density at radius 1 is 1.06 bits per heavy atom. The largest absolute Gasteiger partial charge is 0.379 e. The summed E-state index contributed by atoms with van der Waals surface area (Å²) < 4.78 is 2.29. The summed E-state index contributed by atoms with van der Waals surface area (Å²) in [6.45, 7) is 5.90. The average Bonchev–Trinajstić information content (AvgIpc) is 2.71. The molecule has 1 N–H and O–H groups in total. The van der Waals surface area contributed by atoms with Crippen LogP contribution in [0.2, 0.25) is 0 Å². The predicted molar refractivity (Wildman–Crippen MR) is 68.7 cm³/mol. The molecule has 0 saturated heterocycles. The first-order valence-electron chi connectivity index (χ1n) is 5.89. The number of benzene rings is 1. The van der Waals surface area contributed by atoms with Gasteiger partial charge in [-0.05, 0) is 23.8 Å². The predicted octanol–water partition coefficient (Wildman–Crippen LogP) is 3.49. The van der Waals surface area contributed by atoms with E-state index in [1.54, 1.807) is 0 Å². The monoisotopic (exact) mass is 214 g/mol. The third-order valence-electron chi connectivity index (χ3n) is 2.74. The quantitative estimate of drug-likeness (QED) is 0.710. The molecule has 1 aliphatic heterocycles. The first-order chi connectivity index (χ1) is 7.93. The van der Waals surface area contributed by atoms with Gasteiger partial charge in [0.15, 0.2) is 0 Å². The fraction of sp³-hybridized carbons (Fsp3) is 0.286. The lowest BCUT2D eigenvalue weighted by Crippen LogP contribution is -2.00. The number of rotatable bonds is 0. The van der Waals surface area contributed by atoms with Crippen LogP contribution < -0.4 is 5.32 Å². The van der Waals surface area contributed by atoms with Gasteiger partial charge < -0.3 is 9.88 Å². The van der Waals surface area contributed by atoms with Crippen LogP contribution in [0.4, 0.5) is 5.69 Å². The van der Waals surface area contributed by atoms with Crippen molar-refractivity contribution in [2.24, 2.45) is 0 Å². The number of hydrogen-bond donors (Lipinski definition) is 1. The Morgan fingerprint density at radius 2 is 1.88 bits per heavy atom. The molecule has 84 valence electrons. The van der Waals surface area contributed by atoms with Crippen LogP contribution in [0.3, 0.4) is 0 Å². The second-order valence-electron chi connectivity index (χ2n) is 3.64. The Bertz CT molecular complexity index is 457. The van der Waals surface area contributed by atoms with E-state index in [4.69, 9.17) is 0 Å². The SMILES string of the molecule is CC.c1ccc2c(c1)Cn1cccc1CN2. The molecular formula is C14H18N2. The van der Waals surface area contributed by atoms with Crippen molar-refractivity contribution in [1.29, 1.82) is 0 Å². The zero-order chi connectivity index (χ0) is 11.4. The molecule has 0 fully saturated rings. The third-order valence-corrected chi connectivity index (χ3v) is 2.74. The number of anilines is 1. The van der Waals surface area contributed by atoms with Gasteiger partial charge in [-0.3, -0.25) is 0 Å². The highest BCUT2D eigenvalue weighted by Gasteiger charge is 2.09. The van der Waals surface area contributed by atoms with Gasteiger partial charge in [0.1, 0.15) is 0 Å². The third kappa shape index (κ3) is 1.96. The normalized spacial score (nSPS) is 12.4. The maximum Gasteiger partial charge on any atom is 0.0553 e. The minimum atomic E-state index is 0.921. The van der Waals surface area contributed by atoms with Crippen molar-refractivity contribution in [1.82, 2.24) is 4.57 Å². The average molecular weight is 214 g/mol. The molecule has 2 aromatic rings. The number of para-hydroxylation sites is 1. The molecule has 1 aliphatic rings. The number of nitrogens with one attached hydrogen (secondary N) is 1. The van der Waals surface area contributed by atoms with E-state index in [2.05, 4.69) is 52.5 Å². The van der Waals surface area contributed by atoms with Crippen molar-refractivity contribution in [3.8, 4) is 0 Å². The smallest absolute Gasteiger partial charge is 0.0553 e. The van der Waals surface area contributed by atoms with Crippen LogP contribution in [0.25, 0.3) is 0 Å². The Hall–Kier alpha value is -1.70. The molecule has 0 atom stereocenters. The lowest BCUT2D eigenvalue weighted by atomic mass is 10.2. The maximum absolute atomic E-state index is 3.45. The zero-order valence-corrected chi connectivity index (χ0v) is 9.90. The lowest BCUT2D eigenvalue weighted by Gasteiger charge is -2.05. The van der Waals surface area contributed by atoms with Crippen LogP contribution in [0, 0.1) is 0 Å². The van der Waals surface area contributed by atoms with E-state index in [1.165, 1.54) is 16.9 Å². The van der Waals surface area contributed by atoms with E-state index in [0.717, 1.165) is 13.1 Å². The van der Waals surface area contributed by atoms with Crippen LogP contribution in [0.15, 0.2) is 42.6 Å². The van der Waals surface area contributed by atoms with Gasteiger partial charge in [-0.2, -0.15) is 0 Å². The molecule has 0 unspecified atom stereocenters.